The first-order valence-corrected chi connectivity index (χ1v) is 10.9. The van der Waals surface area contributed by atoms with E-state index in [1.54, 1.807) is 20.8 Å². The van der Waals surface area contributed by atoms with Gasteiger partial charge in [-0.25, -0.2) is 9.42 Å². The third kappa shape index (κ3) is 6.43. The molecule has 184 valence electrons. The number of rotatable bonds is 8. The Balaban J connectivity index is 2.22. The zero-order valence-electron chi connectivity index (χ0n) is 18.0. The lowest BCUT2D eigenvalue weighted by molar-refractivity contribution is -0.500. The average molecular weight is 519 g/mol. The van der Waals surface area contributed by atoms with Gasteiger partial charge >= 0.3 is 18.3 Å². The smallest absolute Gasteiger partial charge is 0.319 e. The second kappa shape index (κ2) is 9.85. The lowest BCUT2D eigenvalue weighted by Gasteiger charge is -2.32. The molecule has 0 spiro atoms. The minimum Gasteiger partial charge on any atom is -0.319 e. The quantitative estimate of drug-likeness (QED) is 0.235. The van der Waals surface area contributed by atoms with Crippen molar-refractivity contribution in [1.82, 2.24) is 9.78 Å². The fraction of sp³-hybridized carbons (Fsp3) is 0.500. The molecule has 1 aromatic carbocycles. The Kier molecular flexibility index (Phi) is 8.20. The molecule has 0 amide bonds. The van der Waals surface area contributed by atoms with Crippen molar-refractivity contribution in [2.45, 2.75) is 62.2 Å². The molecular formula is C20H21ClF6N2O3S. The predicted molar refractivity (Wildman–Crippen MR) is 111 cm³/mol. The van der Waals surface area contributed by atoms with Crippen LogP contribution in [-0.4, -0.2) is 28.8 Å². The first kappa shape index (κ1) is 27.5. The van der Waals surface area contributed by atoms with E-state index < -0.39 is 41.6 Å². The number of ether oxygens (including phenoxy) is 2. The Hall–Kier alpha value is -1.76. The summed E-state index contributed by atoms with van der Waals surface area (Å²) in [5, 5.41) is 4.02. The van der Waals surface area contributed by atoms with Crippen LogP contribution in [0.4, 0.5) is 26.3 Å². The number of alkyl halides is 6. The first-order valence-electron chi connectivity index (χ1n) is 9.50. The summed E-state index contributed by atoms with van der Waals surface area (Å²) in [7, 11) is 0. The van der Waals surface area contributed by atoms with Crippen molar-refractivity contribution in [2.75, 3.05) is 6.61 Å². The monoisotopic (exact) mass is 518 g/mol. The van der Waals surface area contributed by atoms with E-state index >= 15 is 0 Å². The standard InChI is InChI=1S/C20H21ClF6N2O3S/c1-5-31-19(24,32-20(25,26)27)18(22,23)13-8-6-12(7-9-13)11-33-14-10-28-29(17(2,3)4)16(30)15(14)21/h6-10H,5,11H2,1-4H3. The van der Waals surface area contributed by atoms with Crippen LogP contribution < -0.4 is 5.56 Å². The summed E-state index contributed by atoms with van der Waals surface area (Å²) < 4.78 is 89.2. The zero-order valence-corrected chi connectivity index (χ0v) is 19.5. The minimum atomic E-state index is -5.70. The van der Waals surface area contributed by atoms with Crippen LogP contribution in [0.5, 0.6) is 0 Å². The summed E-state index contributed by atoms with van der Waals surface area (Å²) >= 11 is 7.23. The molecule has 1 unspecified atom stereocenters. The highest BCUT2D eigenvalue weighted by molar-refractivity contribution is 7.98. The van der Waals surface area contributed by atoms with Gasteiger partial charge in [0.25, 0.3) is 5.56 Å². The molecule has 0 N–H and O–H groups in total. The van der Waals surface area contributed by atoms with Gasteiger partial charge in [-0.3, -0.25) is 4.79 Å². The molecule has 1 aromatic heterocycles. The van der Waals surface area contributed by atoms with E-state index in [-0.39, 0.29) is 10.8 Å². The second-order valence-electron chi connectivity index (χ2n) is 7.79. The minimum absolute atomic E-state index is 0.0590. The molecule has 0 aliphatic carbocycles. The number of hydrogen-bond acceptors (Lipinski definition) is 5. The van der Waals surface area contributed by atoms with Gasteiger partial charge < -0.3 is 4.74 Å². The van der Waals surface area contributed by atoms with Crippen LogP contribution >= 0.6 is 23.4 Å². The number of thioether (sulfide) groups is 1. The van der Waals surface area contributed by atoms with Crippen LogP contribution in [0.1, 0.15) is 38.8 Å². The molecule has 2 rings (SSSR count). The molecular weight excluding hydrogens is 498 g/mol. The van der Waals surface area contributed by atoms with Crippen LogP contribution in [0.25, 0.3) is 0 Å². The summed E-state index contributed by atoms with van der Waals surface area (Å²) in [5.74, 6) is -4.60. The highest BCUT2D eigenvalue weighted by Gasteiger charge is 2.64. The molecule has 0 saturated carbocycles. The van der Waals surface area contributed by atoms with Crippen molar-refractivity contribution in [1.29, 1.82) is 0 Å². The number of benzene rings is 1. The van der Waals surface area contributed by atoms with Gasteiger partial charge in [-0.2, -0.15) is 18.3 Å². The Morgan fingerprint density at radius 3 is 2.12 bits per heavy atom. The maximum atomic E-state index is 14.5. The molecule has 0 bridgehead atoms. The van der Waals surface area contributed by atoms with Crippen LogP contribution in [0.3, 0.4) is 0 Å². The molecule has 5 nitrogen and oxygen atoms in total. The van der Waals surface area contributed by atoms with Crippen LogP contribution in [0.2, 0.25) is 5.02 Å². The van der Waals surface area contributed by atoms with Gasteiger partial charge in [0, 0.05) is 11.3 Å². The van der Waals surface area contributed by atoms with E-state index in [2.05, 4.69) is 14.6 Å². The highest BCUT2D eigenvalue weighted by Crippen LogP contribution is 2.46. The van der Waals surface area contributed by atoms with Gasteiger partial charge in [0.05, 0.1) is 23.2 Å². The molecule has 0 saturated heterocycles. The Morgan fingerprint density at radius 2 is 1.64 bits per heavy atom. The Morgan fingerprint density at radius 1 is 1.06 bits per heavy atom. The maximum absolute atomic E-state index is 14.5. The molecule has 0 aliphatic heterocycles. The van der Waals surface area contributed by atoms with E-state index in [4.69, 9.17) is 11.6 Å². The summed E-state index contributed by atoms with van der Waals surface area (Å²) in [6, 6.07) is -0.866. The third-order valence-electron chi connectivity index (χ3n) is 4.19. The molecule has 0 fully saturated rings. The van der Waals surface area contributed by atoms with Crippen molar-refractivity contribution in [3.63, 3.8) is 0 Å². The SMILES string of the molecule is CCOC(F)(OC(F)(F)F)C(F)(F)c1ccc(CSc2cnn(C(C)(C)C)c(=O)c2Cl)cc1. The molecule has 13 heteroatoms. The van der Waals surface area contributed by atoms with Gasteiger partial charge in [0.1, 0.15) is 5.02 Å². The van der Waals surface area contributed by atoms with Crippen LogP contribution in [0.15, 0.2) is 40.2 Å². The van der Waals surface area contributed by atoms with Gasteiger partial charge in [0.2, 0.25) is 0 Å². The van der Waals surface area contributed by atoms with Crippen LogP contribution in [0, 0.1) is 0 Å². The van der Waals surface area contributed by atoms with Crippen molar-refractivity contribution in [2.24, 2.45) is 0 Å². The molecule has 33 heavy (non-hydrogen) atoms. The lowest BCUT2D eigenvalue weighted by atomic mass is 10.1. The number of hydrogen-bond donors (Lipinski definition) is 0. The molecule has 1 atom stereocenters. The van der Waals surface area contributed by atoms with Gasteiger partial charge in [-0.05, 0) is 33.3 Å². The van der Waals surface area contributed by atoms with Gasteiger partial charge in [-0.1, -0.05) is 35.9 Å². The molecule has 0 radical (unpaired) electrons. The Labute approximate surface area is 195 Å². The van der Waals surface area contributed by atoms with Crippen molar-refractivity contribution >= 4 is 23.4 Å². The molecule has 1 heterocycles. The lowest BCUT2D eigenvalue weighted by Crippen LogP contribution is -2.50. The van der Waals surface area contributed by atoms with E-state index in [9.17, 15) is 31.1 Å². The Bertz CT molecular complexity index is 1020. The fourth-order valence-corrected chi connectivity index (χ4v) is 3.80. The number of nitrogens with zero attached hydrogens (tertiary/aromatic N) is 2. The summed E-state index contributed by atoms with van der Waals surface area (Å²) in [6.07, 6.45) is -4.30. The van der Waals surface area contributed by atoms with Gasteiger partial charge in [0.15, 0.2) is 0 Å². The molecule has 0 aliphatic rings. The third-order valence-corrected chi connectivity index (χ3v) is 5.76. The number of aromatic nitrogens is 2. The second-order valence-corrected chi connectivity index (χ2v) is 9.18. The first-order chi connectivity index (χ1) is 15.0. The maximum Gasteiger partial charge on any atom is 0.527 e. The normalized spacial score (nSPS) is 14.9. The van der Waals surface area contributed by atoms with Crippen LogP contribution in [-0.2, 0) is 26.7 Å². The van der Waals surface area contributed by atoms with Crippen molar-refractivity contribution < 1.29 is 35.8 Å². The molecule has 2 aromatic rings. The van der Waals surface area contributed by atoms with Crippen molar-refractivity contribution in [3.05, 3.63) is 57.0 Å². The van der Waals surface area contributed by atoms with Crippen molar-refractivity contribution in [3.8, 4) is 0 Å². The number of halogens is 7. The topological polar surface area (TPSA) is 53.4 Å². The van der Waals surface area contributed by atoms with E-state index in [0.717, 1.165) is 30.8 Å². The zero-order chi connectivity index (χ0) is 25.2. The van der Waals surface area contributed by atoms with E-state index in [0.29, 0.717) is 10.5 Å². The summed E-state index contributed by atoms with van der Waals surface area (Å²) in [6.45, 7) is 5.59. The fourth-order valence-electron chi connectivity index (χ4n) is 2.66. The predicted octanol–water partition coefficient (Wildman–Crippen LogP) is 6.23. The van der Waals surface area contributed by atoms with Gasteiger partial charge in [-0.15, -0.1) is 24.9 Å². The van der Waals surface area contributed by atoms with E-state index in [1.807, 2.05) is 0 Å². The van der Waals surface area contributed by atoms with E-state index in [1.165, 1.54) is 23.0 Å². The largest absolute Gasteiger partial charge is 0.527 e. The summed E-state index contributed by atoms with van der Waals surface area (Å²) in [4.78, 5) is 12.7. The highest BCUT2D eigenvalue weighted by atomic mass is 35.5. The average Bonchev–Trinajstić information content (AvgIpc) is 2.67. The summed E-state index contributed by atoms with van der Waals surface area (Å²) in [5.41, 5.74) is -1.71.